The molecule has 4 heterocycles. The lowest BCUT2D eigenvalue weighted by Crippen LogP contribution is -2.44. The second-order valence-corrected chi connectivity index (χ2v) is 9.75. The van der Waals surface area contributed by atoms with Crippen LogP contribution >= 0.6 is 11.3 Å². The normalized spacial score (nSPS) is 21.9. The van der Waals surface area contributed by atoms with Gasteiger partial charge in [0.15, 0.2) is 0 Å². The van der Waals surface area contributed by atoms with E-state index in [-0.39, 0.29) is 29.6 Å². The van der Waals surface area contributed by atoms with E-state index >= 15 is 0 Å². The summed E-state index contributed by atoms with van der Waals surface area (Å²) in [6.07, 6.45) is 6.02. The highest BCUT2D eigenvalue weighted by molar-refractivity contribution is 7.08. The molecule has 32 heavy (non-hydrogen) atoms. The summed E-state index contributed by atoms with van der Waals surface area (Å²) in [5, 5.41) is 4.02. The van der Waals surface area contributed by atoms with E-state index < -0.39 is 6.10 Å². The Labute approximate surface area is 191 Å². The van der Waals surface area contributed by atoms with Gasteiger partial charge in [0.1, 0.15) is 6.10 Å². The average molecular weight is 451 g/mol. The lowest BCUT2D eigenvalue weighted by molar-refractivity contribution is -0.133. The van der Waals surface area contributed by atoms with Crippen molar-refractivity contribution < 1.29 is 19.1 Å². The highest BCUT2D eigenvalue weighted by Crippen LogP contribution is 2.41. The van der Waals surface area contributed by atoms with Crippen LogP contribution in [-0.4, -0.2) is 53.8 Å². The summed E-state index contributed by atoms with van der Waals surface area (Å²) in [6.45, 7) is 2.90. The predicted octanol–water partition coefficient (Wildman–Crippen LogP) is 3.90. The third-order valence-electron chi connectivity index (χ3n) is 7.03. The fourth-order valence-corrected chi connectivity index (χ4v) is 5.69. The molecule has 0 aliphatic carbocycles. The Bertz CT molecular complexity index is 1050. The molecule has 166 valence electrons. The fraction of sp³-hybridized carbons (Fsp3) is 0.400. The SMILES string of the molecule is O=C1OC(CC(=O)N2CCC3(CCN(C(=O)/C=C/c4ccsc4)CC3)C2)c2ccccc21. The maximum Gasteiger partial charge on any atom is 0.339 e. The molecule has 6 nitrogen and oxygen atoms in total. The van der Waals surface area contributed by atoms with Crippen LogP contribution in [-0.2, 0) is 14.3 Å². The van der Waals surface area contributed by atoms with Crippen molar-refractivity contribution in [3.8, 4) is 0 Å². The maximum atomic E-state index is 13.0. The number of esters is 1. The zero-order valence-corrected chi connectivity index (χ0v) is 18.7. The summed E-state index contributed by atoms with van der Waals surface area (Å²) < 4.78 is 5.45. The van der Waals surface area contributed by atoms with Gasteiger partial charge in [-0.1, -0.05) is 18.2 Å². The molecular formula is C25H26N2O4S. The molecule has 2 saturated heterocycles. The van der Waals surface area contributed by atoms with E-state index in [2.05, 4.69) is 0 Å². The van der Waals surface area contributed by atoms with Crippen LogP contribution in [0.4, 0.5) is 0 Å². The third-order valence-corrected chi connectivity index (χ3v) is 7.73. The molecule has 7 heteroatoms. The molecule has 0 radical (unpaired) electrons. The first-order chi connectivity index (χ1) is 15.5. The molecule has 1 spiro atoms. The largest absolute Gasteiger partial charge is 0.453 e. The minimum atomic E-state index is -0.489. The Morgan fingerprint density at radius 1 is 1.09 bits per heavy atom. The molecular weight excluding hydrogens is 424 g/mol. The van der Waals surface area contributed by atoms with Crippen LogP contribution in [0.1, 0.15) is 53.3 Å². The van der Waals surface area contributed by atoms with Gasteiger partial charge in [0.05, 0.1) is 12.0 Å². The number of nitrogens with zero attached hydrogens (tertiary/aromatic N) is 2. The van der Waals surface area contributed by atoms with Gasteiger partial charge in [-0.25, -0.2) is 4.79 Å². The van der Waals surface area contributed by atoms with E-state index in [1.54, 1.807) is 23.5 Å². The number of hydrogen-bond acceptors (Lipinski definition) is 5. The predicted molar refractivity (Wildman–Crippen MR) is 122 cm³/mol. The number of amides is 2. The van der Waals surface area contributed by atoms with E-state index in [1.165, 1.54) is 0 Å². The van der Waals surface area contributed by atoms with Gasteiger partial charge in [-0.2, -0.15) is 11.3 Å². The number of rotatable bonds is 4. The Kier molecular flexibility index (Phi) is 5.59. The number of piperidine rings is 1. The molecule has 1 aromatic carbocycles. The van der Waals surface area contributed by atoms with Gasteiger partial charge in [0.25, 0.3) is 0 Å². The Morgan fingerprint density at radius 2 is 1.84 bits per heavy atom. The van der Waals surface area contributed by atoms with Crippen molar-refractivity contribution in [2.24, 2.45) is 5.41 Å². The molecule has 2 amide bonds. The molecule has 2 fully saturated rings. The van der Waals surface area contributed by atoms with Gasteiger partial charge in [0.2, 0.25) is 11.8 Å². The highest BCUT2D eigenvalue weighted by Gasteiger charge is 2.43. The van der Waals surface area contributed by atoms with Crippen molar-refractivity contribution in [3.05, 3.63) is 63.9 Å². The van der Waals surface area contributed by atoms with E-state index in [9.17, 15) is 14.4 Å². The quantitative estimate of drug-likeness (QED) is 0.523. The fourth-order valence-electron chi connectivity index (χ4n) is 5.06. The number of hydrogen-bond donors (Lipinski definition) is 0. The first-order valence-corrected chi connectivity index (χ1v) is 12.0. The summed E-state index contributed by atoms with van der Waals surface area (Å²) in [5.41, 5.74) is 2.51. The van der Waals surface area contributed by atoms with Crippen LogP contribution in [0.5, 0.6) is 0 Å². The van der Waals surface area contributed by atoms with Crippen molar-refractivity contribution >= 4 is 35.2 Å². The maximum absolute atomic E-state index is 13.0. The molecule has 0 N–H and O–H groups in total. The van der Waals surface area contributed by atoms with E-state index in [0.717, 1.165) is 56.6 Å². The molecule has 0 saturated carbocycles. The first-order valence-electron chi connectivity index (χ1n) is 11.1. The van der Waals surface area contributed by atoms with Gasteiger partial charge in [0, 0.05) is 37.8 Å². The second-order valence-electron chi connectivity index (χ2n) is 8.97. The zero-order valence-electron chi connectivity index (χ0n) is 17.9. The number of thiophene rings is 1. The molecule has 3 aliphatic rings. The van der Waals surface area contributed by atoms with Crippen molar-refractivity contribution in [2.75, 3.05) is 26.2 Å². The number of cyclic esters (lactones) is 1. The van der Waals surface area contributed by atoms with Gasteiger partial charge >= 0.3 is 5.97 Å². The molecule has 1 atom stereocenters. The van der Waals surface area contributed by atoms with Crippen LogP contribution in [0.2, 0.25) is 0 Å². The van der Waals surface area contributed by atoms with Crippen molar-refractivity contribution in [1.29, 1.82) is 0 Å². The lowest BCUT2D eigenvalue weighted by atomic mass is 9.78. The molecule has 3 aliphatic heterocycles. The number of carbonyl (C=O) groups excluding carboxylic acids is 3. The van der Waals surface area contributed by atoms with Crippen molar-refractivity contribution in [3.63, 3.8) is 0 Å². The molecule has 2 aromatic rings. The Morgan fingerprint density at radius 3 is 2.59 bits per heavy atom. The van der Waals surface area contributed by atoms with Gasteiger partial charge < -0.3 is 14.5 Å². The second kappa shape index (κ2) is 8.54. The van der Waals surface area contributed by atoms with Gasteiger partial charge in [-0.3, -0.25) is 9.59 Å². The average Bonchev–Trinajstić information content (AvgIpc) is 3.54. The van der Waals surface area contributed by atoms with Crippen LogP contribution in [0, 0.1) is 5.41 Å². The van der Waals surface area contributed by atoms with Crippen LogP contribution < -0.4 is 0 Å². The topological polar surface area (TPSA) is 66.9 Å². The third kappa shape index (κ3) is 4.09. The Balaban J connectivity index is 1.14. The van der Waals surface area contributed by atoms with Crippen LogP contribution in [0.3, 0.4) is 0 Å². The van der Waals surface area contributed by atoms with E-state index in [0.29, 0.717) is 5.56 Å². The lowest BCUT2D eigenvalue weighted by Gasteiger charge is -2.39. The summed E-state index contributed by atoms with van der Waals surface area (Å²) >= 11 is 1.62. The van der Waals surface area contributed by atoms with E-state index in [1.807, 2.05) is 50.9 Å². The number of ether oxygens (including phenoxy) is 1. The number of benzene rings is 1. The summed E-state index contributed by atoms with van der Waals surface area (Å²) in [7, 11) is 0. The molecule has 5 rings (SSSR count). The Hall–Kier alpha value is -2.93. The molecule has 1 unspecified atom stereocenters. The summed E-state index contributed by atoms with van der Waals surface area (Å²) in [4.78, 5) is 41.4. The van der Waals surface area contributed by atoms with E-state index in [4.69, 9.17) is 4.74 Å². The zero-order chi connectivity index (χ0) is 22.1. The summed E-state index contributed by atoms with van der Waals surface area (Å²) in [6, 6.07) is 9.28. The first kappa shape index (κ1) is 20.9. The number of fused-ring (bicyclic) bond motifs is 1. The highest BCUT2D eigenvalue weighted by atomic mass is 32.1. The van der Waals surface area contributed by atoms with Crippen LogP contribution in [0.25, 0.3) is 6.08 Å². The molecule has 1 aromatic heterocycles. The number of carbonyl (C=O) groups is 3. The van der Waals surface area contributed by atoms with Crippen molar-refractivity contribution in [2.45, 2.75) is 31.8 Å². The monoisotopic (exact) mass is 450 g/mol. The standard InChI is InChI=1S/C25H26N2O4S/c28-22(6-5-18-7-14-32-16-18)26-11-8-25(9-12-26)10-13-27(17-25)23(29)15-21-19-3-1-2-4-20(19)24(30)31-21/h1-7,14,16,21H,8-13,15,17H2/b6-5+. The minimum absolute atomic E-state index is 0.0357. The number of likely N-dealkylation sites (tertiary alicyclic amines) is 2. The van der Waals surface area contributed by atoms with Crippen molar-refractivity contribution in [1.82, 2.24) is 9.80 Å². The molecule has 0 bridgehead atoms. The van der Waals surface area contributed by atoms with Gasteiger partial charge in [-0.05, 0) is 59.2 Å². The van der Waals surface area contributed by atoms with Gasteiger partial charge in [-0.15, -0.1) is 0 Å². The van der Waals surface area contributed by atoms with Crippen LogP contribution in [0.15, 0.2) is 47.2 Å². The smallest absolute Gasteiger partial charge is 0.339 e. The minimum Gasteiger partial charge on any atom is -0.453 e. The summed E-state index contributed by atoms with van der Waals surface area (Å²) in [5.74, 6) is -0.256.